The van der Waals surface area contributed by atoms with Crippen molar-refractivity contribution in [2.45, 2.75) is 46.2 Å². The SMILES string of the molecule is Cc1cc(C)cc(-c2ccc3c(c2)c2cc(-c4ccc(C(C)(C)C)cc4)ccc2n3-c2ccc(C(=O)NC(N)c3ccccc3)cc2)c1. The maximum absolute atomic E-state index is 13.1. The Kier molecular flexibility index (Phi) is 7.98. The summed E-state index contributed by atoms with van der Waals surface area (Å²) in [5.74, 6) is -0.208. The topological polar surface area (TPSA) is 60.0 Å². The highest BCUT2D eigenvalue weighted by molar-refractivity contribution is 6.11. The molecule has 1 atom stereocenters. The van der Waals surface area contributed by atoms with E-state index in [1.54, 1.807) is 0 Å². The van der Waals surface area contributed by atoms with Gasteiger partial charge in [0.1, 0.15) is 6.17 Å². The van der Waals surface area contributed by atoms with Gasteiger partial charge >= 0.3 is 0 Å². The molecular weight excluding hydrogens is 587 g/mol. The van der Waals surface area contributed by atoms with Crippen LogP contribution in [0.3, 0.4) is 0 Å². The summed E-state index contributed by atoms with van der Waals surface area (Å²) in [6.07, 6.45) is -0.582. The van der Waals surface area contributed by atoms with E-state index in [9.17, 15) is 4.79 Å². The highest BCUT2D eigenvalue weighted by Gasteiger charge is 2.18. The molecule has 0 saturated carbocycles. The molecule has 48 heavy (non-hydrogen) atoms. The summed E-state index contributed by atoms with van der Waals surface area (Å²) in [5.41, 5.74) is 19.6. The molecule has 0 radical (unpaired) electrons. The summed E-state index contributed by atoms with van der Waals surface area (Å²) in [7, 11) is 0. The molecule has 1 unspecified atom stereocenters. The van der Waals surface area contributed by atoms with Crippen molar-refractivity contribution in [3.63, 3.8) is 0 Å². The zero-order valence-corrected chi connectivity index (χ0v) is 28.2. The Morgan fingerprint density at radius 2 is 1.17 bits per heavy atom. The van der Waals surface area contributed by atoms with Crippen LogP contribution in [0, 0.1) is 13.8 Å². The van der Waals surface area contributed by atoms with Crippen LogP contribution in [0.25, 0.3) is 49.7 Å². The molecule has 6 aromatic carbocycles. The number of rotatable bonds is 6. The van der Waals surface area contributed by atoms with Crippen molar-refractivity contribution in [2.75, 3.05) is 0 Å². The molecule has 1 amide bonds. The van der Waals surface area contributed by atoms with Gasteiger partial charge in [-0.15, -0.1) is 0 Å². The first kappa shape index (κ1) is 31.2. The highest BCUT2D eigenvalue weighted by atomic mass is 16.1. The second-order valence-electron chi connectivity index (χ2n) is 13.9. The van der Waals surface area contributed by atoms with Crippen LogP contribution >= 0.6 is 0 Å². The van der Waals surface area contributed by atoms with Gasteiger partial charge in [-0.25, -0.2) is 0 Å². The molecule has 4 heteroatoms. The monoisotopic (exact) mass is 627 g/mol. The number of aryl methyl sites for hydroxylation is 2. The Labute approximate surface area is 282 Å². The van der Waals surface area contributed by atoms with Crippen molar-refractivity contribution in [3.8, 4) is 27.9 Å². The zero-order valence-electron chi connectivity index (χ0n) is 28.2. The first-order chi connectivity index (χ1) is 23.0. The third kappa shape index (κ3) is 6.03. The third-order valence-corrected chi connectivity index (χ3v) is 9.24. The van der Waals surface area contributed by atoms with Crippen molar-refractivity contribution < 1.29 is 4.79 Å². The van der Waals surface area contributed by atoms with Gasteiger partial charge in [0.05, 0.1) is 11.0 Å². The number of hydrogen-bond donors (Lipinski definition) is 2. The van der Waals surface area contributed by atoms with Crippen LogP contribution < -0.4 is 11.1 Å². The molecule has 0 bridgehead atoms. The van der Waals surface area contributed by atoms with Crippen LogP contribution in [0.4, 0.5) is 0 Å². The summed E-state index contributed by atoms with van der Waals surface area (Å²) >= 11 is 0. The summed E-state index contributed by atoms with van der Waals surface area (Å²) in [6.45, 7) is 11.0. The number of nitrogens with two attached hydrogens (primary N) is 1. The number of fused-ring (bicyclic) bond motifs is 3. The summed E-state index contributed by atoms with van der Waals surface area (Å²) in [5, 5.41) is 5.29. The van der Waals surface area contributed by atoms with Crippen LogP contribution in [0.5, 0.6) is 0 Å². The van der Waals surface area contributed by atoms with Gasteiger partial charge in [-0.2, -0.15) is 0 Å². The van der Waals surface area contributed by atoms with Crippen LogP contribution in [0.2, 0.25) is 0 Å². The Morgan fingerprint density at radius 1 is 0.625 bits per heavy atom. The molecule has 0 aliphatic rings. The Morgan fingerprint density at radius 3 is 1.73 bits per heavy atom. The molecule has 1 aromatic heterocycles. The van der Waals surface area contributed by atoms with E-state index < -0.39 is 6.17 Å². The van der Waals surface area contributed by atoms with E-state index in [0.29, 0.717) is 5.56 Å². The second-order valence-corrected chi connectivity index (χ2v) is 13.9. The van der Waals surface area contributed by atoms with E-state index in [1.165, 1.54) is 49.7 Å². The lowest BCUT2D eigenvalue weighted by atomic mass is 9.86. The van der Waals surface area contributed by atoms with E-state index in [1.807, 2.05) is 54.6 Å². The van der Waals surface area contributed by atoms with Gasteiger partial charge in [0.15, 0.2) is 0 Å². The van der Waals surface area contributed by atoms with Crippen LogP contribution in [0.1, 0.15) is 59.5 Å². The molecule has 4 nitrogen and oxygen atoms in total. The minimum atomic E-state index is -0.582. The summed E-state index contributed by atoms with van der Waals surface area (Å²) < 4.78 is 2.29. The van der Waals surface area contributed by atoms with Gasteiger partial charge in [-0.05, 0) is 101 Å². The molecule has 7 aromatic rings. The fraction of sp³-hybridized carbons (Fsp3) is 0.159. The second kappa shape index (κ2) is 12.3. The van der Waals surface area contributed by atoms with E-state index >= 15 is 0 Å². The van der Waals surface area contributed by atoms with Crippen molar-refractivity contribution in [2.24, 2.45) is 5.73 Å². The number of nitrogens with zero attached hydrogens (tertiary/aromatic N) is 1. The molecular formula is C44H41N3O. The van der Waals surface area contributed by atoms with Crippen molar-refractivity contribution in [3.05, 3.63) is 161 Å². The first-order valence-electron chi connectivity index (χ1n) is 16.5. The summed E-state index contributed by atoms with van der Waals surface area (Å²) in [4.78, 5) is 13.1. The number of hydrogen-bond acceptors (Lipinski definition) is 2. The van der Waals surface area contributed by atoms with Crippen LogP contribution in [-0.2, 0) is 5.41 Å². The minimum Gasteiger partial charge on any atom is -0.333 e. The van der Waals surface area contributed by atoms with Gasteiger partial charge in [0, 0.05) is 22.0 Å². The van der Waals surface area contributed by atoms with Gasteiger partial charge in [-0.3, -0.25) is 4.79 Å². The average Bonchev–Trinajstić information content (AvgIpc) is 3.41. The molecule has 0 fully saturated rings. The average molecular weight is 628 g/mol. The quantitative estimate of drug-likeness (QED) is 0.180. The Balaban J connectivity index is 1.32. The van der Waals surface area contributed by atoms with Gasteiger partial charge in [0.2, 0.25) is 0 Å². The molecule has 0 aliphatic heterocycles. The number of nitrogens with one attached hydrogen (secondary N) is 1. The molecule has 0 aliphatic carbocycles. The smallest absolute Gasteiger partial charge is 0.252 e. The fourth-order valence-electron chi connectivity index (χ4n) is 6.69. The van der Waals surface area contributed by atoms with Crippen LogP contribution in [-0.4, -0.2) is 10.5 Å². The lowest BCUT2D eigenvalue weighted by molar-refractivity contribution is 0.0938. The largest absolute Gasteiger partial charge is 0.333 e. The Bertz CT molecular complexity index is 2250. The predicted octanol–water partition coefficient (Wildman–Crippen LogP) is 10.4. The minimum absolute atomic E-state index is 0.102. The van der Waals surface area contributed by atoms with E-state index in [2.05, 4.69) is 123 Å². The fourth-order valence-corrected chi connectivity index (χ4v) is 6.69. The number of amides is 1. The first-order valence-corrected chi connectivity index (χ1v) is 16.5. The Hall–Kier alpha value is -5.45. The van der Waals surface area contributed by atoms with Gasteiger partial charge in [-0.1, -0.05) is 117 Å². The maximum Gasteiger partial charge on any atom is 0.252 e. The lowest BCUT2D eigenvalue weighted by Crippen LogP contribution is -2.34. The number of aromatic nitrogens is 1. The van der Waals surface area contributed by atoms with E-state index in [4.69, 9.17) is 5.73 Å². The molecule has 238 valence electrons. The molecule has 1 heterocycles. The number of benzene rings is 6. The third-order valence-electron chi connectivity index (χ3n) is 9.24. The summed E-state index contributed by atoms with van der Waals surface area (Å²) in [6, 6.07) is 46.5. The molecule has 0 saturated heterocycles. The van der Waals surface area contributed by atoms with Crippen molar-refractivity contribution in [1.82, 2.24) is 9.88 Å². The maximum atomic E-state index is 13.1. The van der Waals surface area contributed by atoms with Gasteiger partial charge < -0.3 is 15.6 Å². The normalized spacial score (nSPS) is 12.4. The highest BCUT2D eigenvalue weighted by Crippen LogP contribution is 2.38. The van der Waals surface area contributed by atoms with Crippen molar-refractivity contribution >= 4 is 27.7 Å². The molecule has 3 N–H and O–H groups in total. The van der Waals surface area contributed by atoms with Crippen LogP contribution in [0.15, 0.2) is 133 Å². The van der Waals surface area contributed by atoms with Crippen molar-refractivity contribution in [1.29, 1.82) is 0 Å². The zero-order chi connectivity index (χ0) is 33.6. The van der Waals surface area contributed by atoms with E-state index in [0.717, 1.165) is 22.3 Å². The molecule has 0 spiro atoms. The standard InChI is InChI=1S/C44H41N3O/c1-28-23-29(2)25-35(24-28)34-16-22-41-39(27-34)38-26-33(30-11-17-36(18-12-30)44(3,4)5)15-21-40(38)47(41)37-19-13-32(14-20-37)43(48)46-42(45)31-9-7-6-8-10-31/h6-27,42H,45H2,1-5H3,(H,46,48). The van der Waals surface area contributed by atoms with E-state index in [-0.39, 0.29) is 11.3 Å². The van der Waals surface area contributed by atoms with Gasteiger partial charge in [0.25, 0.3) is 5.91 Å². The number of carbonyl (C=O) groups is 1. The predicted molar refractivity (Wildman–Crippen MR) is 201 cm³/mol. The lowest BCUT2D eigenvalue weighted by Gasteiger charge is -2.19. The molecule has 7 rings (SSSR count). The number of carbonyl (C=O) groups excluding carboxylic acids is 1.